The number of amides is 1. The zero-order chi connectivity index (χ0) is 18.7. The monoisotopic (exact) mass is 415 g/mol. The van der Waals surface area contributed by atoms with Crippen molar-refractivity contribution in [1.29, 1.82) is 0 Å². The van der Waals surface area contributed by atoms with Gasteiger partial charge < -0.3 is 13.9 Å². The summed E-state index contributed by atoms with van der Waals surface area (Å²) < 4.78 is 9.35. The maximum atomic E-state index is 12.7. The first-order valence-electron chi connectivity index (χ1n) is 8.15. The van der Waals surface area contributed by atoms with Gasteiger partial charge in [0.15, 0.2) is 5.78 Å². The Morgan fingerprint density at radius 1 is 1.08 bits per heavy atom. The van der Waals surface area contributed by atoms with Crippen LogP contribution in [0.25, 0.3) is 11.0 Å². The summed E-state index contributed by atoms with van der Waals surface area (Å²) in [7, 11) is 1.81. The molecule has 0 aliphatic heterocycles. The Morgan fingerprint density at radius 2 is 1.73 bits per heavy atom. The minimum absolute atomic E-state index is 0.0702. The van der Waals surface area contributed by atoms with Crippen LogP contribution in [0.1, 0.15) is 17.3 Å². The number of fused-ring (bicyclic) bond motifs is 1. The van der Waals surface area contributed by atoms with Gasteiger partial charge in [-0.1, -0.05) is 40.2 Å². The van der Waals surface area contributed by atoms with Gasteiger partial charge in [0, 0.05) is 17.1 Å². The summed E-state index contributed by atoms with van der Waals surface area (Å²) in [6.07, 6.45) is -0.678. The standard InChI is InChI=1S/C19H18BrN3O3/c1-3-26-19(25)21-18-22(2)15-6-4-5-7-16(15)23(18)12-17(24)13-8-10-14(20)11-9-13/h4-11H,3,12H2,1-2H3/b21-18+. The summed E-state index contributed by atoms with van der Waals surface area (Å²) in [5, 5.41) is 0. The number of Topliss-reactive ketones (excluding diaryl/α,β-unsaturated/α-hetero) is 1. The molecule has 0 saturated heterocycles. The highest BCUT2D eigenvalue weighted by Crippen LogP contribution is 2.15. The topological polar surface area (TPSA) is 65.6 Å². The number of nitrogens with zero attached hydrogens (tertiary/aromatic N) is 3. The van der Waals surface area contributed by atoms with E-state index < -0.39 is 6.09 Å². The van der Waals surface area contributed by atoms with Gasteiger partial charge in [-0.2, -0.15) is 0 Å². The van der Waals surface area contributed by atoms with Crippen molar-refractivity contribution in [2.75, 3.05) is 6.61 Å². The van der Waals surface area contributed by atoms with E-state index in [1.165, 1.54) is 0 Å². The van der Waals surface area contributed by atoms with Crippen molar-refractivity contribution < 1.29 is 14.3 Å². The fraction of sp³-hybridized carbons (Fsp3) is 0.211. The SMILES string of the molecule is CCOC(=O)/N=c1\n(C)c2ccccc2n1CC(=O)c1ccc(Br)cc1. The largest absolute Gasteiger partial charge is 0.448 e. The molecule has 3 rings (SSSR count). The highest BCUT2D eigenvalue weighted by molar-refractivity contribution is 9.10. The van der Waals surface area contributed by atoms with Crippen LogP contribution >= 0.6 is 15.9 Å². The van der Waals surface area contributed by atoms with Crippen LogP contribution in [0.2, 0.25) is 0 Å². The number of para-hydroxylation sites is 2. The molecule has 6 nitrogen and oxygen atoms in total. The van der Waals surface area contributed by atoms with Gasteiger partial charge in [0.1, 0.15) is 0 Å². The highest BCUT2D eigenvalue weighted by atomic mass is 79.9. The lowest BCUT2D eigenvalue weighted by Gasteiger charge is -2.05. The smallest absolute Gasteiger partial charge is 0.436 e. The van der Waals surface area contributed by atoms with E-state index in [1.54, 1.807) is 35.2 Å². The number of ether oxygens (including phenoxy) is 1. The summed E-state index contributed by atoms with van der Waals surface area (Å²) in [4.78, 5) is 28.7. The molecule has 3 aromatic rings. The Labute approximate surface area is 158 Å². The van der Waals surface area contributed by atoms with E-state index in [9.17, 15) is 9.59 Å². The first-order chi connectivity index (χ1) is 12.5. The molecule has 26 heavy (non-hydrogen) atoms. The summed E-state index contributed by atoms with van der Waals surface area (Å²) in [5.41, 5.74) is 2.66. The van der Waals surface area contributed by atoms with Gasteiger partial charge in [0.2, 0.25) is 5.62 Å². The van der Waals surface area contributed by atoms with Gasteiger partial charge in [-0.25, -0.2) is 4.79 Å². The van der Waals surface area contributed by atoms with Crippen molar-refractivity contribution in [2.24, 2.45) is 12.0 Å². The Hall–Kier alpha value is -2.67. The molecular formula is C19H18BrN3O3. The lowest BCUT2D eigenvalue weighted by Crippen LogP contribution is -2.28. The van der Waals surface area contributed by atoms with Gasteiger partial charge in [0.05, 0.1) is 24.2 Å². The number of imidazole rings is 1. The first-order valence-corrected chi connectivity index (χ1v) is 8.95. The van der Waals surface area contributed by atoms with E-state index in [4.69, 9.17) is 4.74 Å². The number of ketones is 1. The highest BCUT2D eigenvalue weighted by Gasteiger charge is 2.15. The van der Waals surface area contributed by atoms with E-state index in [0.29, 0.717) is 11.2 Å². The lowest BCUT2D eigenvalue weighted by atomic mass is 10.1. The Morgan fingerprint density at radius 3 is 2.38 bits per heavy atom. The molecule has 0 saturated carbocycles. The zero-order valence-corrected chi connectivity index (χ0v) is 16.1. The van der Waals surface area contributed by atoms with E-state index in [0.717, 1.165) is 15.5 Å². The van der Waals surface area contributed by atoms with Crippen LogP contribution in [-0.4, -0.2) is 27.6 Å². The molecule has 0 aliphatic carbocycles. The second-order valence-electron chi connectivity index (χ2n) is 5.67. The molecule has 1 heterocycles. The molecule has 134 valence electrons. The van der Waals surface area contributed by atoms with Crippen LogP contribution in [-0.2, 0) is 18.3 Å². The van der Waals surface area contributed by atoms with Crippen LogP contribution in [0.3, 0.4) is 0 Å². The normalized spacial score (nSPS) is 11.7. The van der Waals surface area contributed by atoms with Gasteiger partial charge in [-0.05, 0) is 31.2 Å². The summed E-state index contributed by atoms with van der Waals surface area (Å²) >= 11 is 3.36. The molecule has 2 aromatic carbocycles. The van der Waals surface area contributed by atoms with Crippen molar-refractivity contribution in [3.63, 3.8) is 0 Å². The average molecular weight is 416 g/mol. The predicted molar refractivity (Wildman–Crippen MR) is 102 cm³/mol. The minimum Gasteiger partial charge on any atom is -0.448 e. The average Bonchev–Trinajstić information content (AvgIpc) is 2.88. The maximum Gasteiger partial charge on any atom is 0.436 e. The molecule has 0 radical (unpaired) electrons. The molecule has 0 N–H and O–H groups in total. The van der Waals surface area contributed by atoms with Crippen LogP contribution in [0.5, 0.6) is 0 Å². The van der Waals surface area contributed by atoms with Gasteiger partial charge in [0.25, 0.3) is 0 Å². The van der Waals surface area contributed by atoms with E-state index >= 15 is 0 Å². The number of rotatable bonds is 4. The van der Waals surface area contributed by atoms with Crippen molar-refractivity contribution in [2.45, 2.75) is 13.5 Å². The molecule has 7 heteroatoms. The van der Waals surface area contributed by atoms with E-state index in [-0.39, 0.29) is 18.9 Å². The number of benzene rings is 2. The van der Waals surface area contributed by atoms with Crippen LogP contribution in [0.15, 0.2) is 58.0 Å². The molecule has 0 fully saturated rings. The second kappa shape index (κ2) is 7.70. The maximum absolute atomic E-state index is 12.7. The van der Waals surface area contributed by atoms with Crippen LogP contribution in [0.4, 0.5) is 4.79 Å². The van der Waals surface area contributed by atoms with Crippen LogP contribution < -0.4 is 5.62 Å². The fourth-order valence-electron chi connectivity index (χ4n) is 2.77. The van der Waals surface area contributed by atoms with Crippen molar-refractivity contribution >= 4 is 38.8 Å². The second-order valence-corrected chi connectivity index (χ2v) is 6.59. The van der Waals surface area contributed by atoms with Gasteiger partial charge in [-0.3, -0.25) is 4.79 Å². The number of hydrogen-bond donors (Lipinski definition) is 0. The van der Waals surface area contributed by atoms with Gasteiger partial charge in [-0.15, -0.1) is 4.99 Å². The molecule has 0 aliphatic rings. The number of carbonyl (C=O) groups is 2. The Bertz CT molecular complexity index is 1030. The minimum atomic E-state index is -0.678. The molecule has 0 atom stereocenters. The summed E-state index contributed by atoms with van der Waals surface area (Å²) in [6, 6.07) is 14.8. The summed E-state index contributed by atoms with van der Waals surface area (Å²) in [6.45, 7) is 2.03. The molecule has 0 spiro atoms. The van der Waals surface area contributed by atoms with Gasteiger partial charge >= 0.3 is 6.09 Å². The third kappa shape index (κ3) is 3.62. The van der Waals surface area contributed by atoms with E-state index in [2.05, 4.69) is 20.9 Å². The van der Waals surface area contributed by atoms with E-state index in [1.807, 2.05) is 36.4 Å². The first kappa shape index (κ1) is 18.1. The molecule has 0 unspecified atom stereocenters. The third-order valence-electron chi connectivity index (χ3n) is 4.00. The molecule has 0 bridgehead atoms. The Balaban J connectivity index is 2.10. The lowest BCUT2D eigenvalue weighted by molar-refractivity contribution is 0.0971. The summed E-state index contributed by atoms with van der Waals surface area (Å²) in [5.74, 6) is -0.0702. The number of halogens is 1. The number of aromatic nitrogens is 2. The number of aryl methyl sites for hydroxylation is 1. The van der Waals surface area contributed by atoms with Crippen molar-refractivity contribution in [3.8, 4) is 0 Å². The van der Waals surface area contributed by atoms with Crippen molar-refractivity contribution in [1.82, 2.24) is 9.13 Å². The molecular weight excluding hydrogens is 398 g/mol. The fourth-order valence-corrected chi connectivity index (χ4v) is 3.04. The van der Waals surface area contributed by atoms with Crippen molar-refractivity contribution in [3.05, 3.63) is 64.2 Å². The third-order valence-corrected chi connectivity index (χ3v) is 4.53. The predicted octanol–water partition coefficient (Wildman–Crippen LogP) is 3.68. The molecule has 1 aromatic heterocycles. The number of hydrogen-bond acceptors (Lipinski definition) is 3. The zero-order valence-electron chi connectivity index (χ0n) is 14.5. The quantitative estimate of drug-likeness (QED) is 0.610. The molecule has 1 amide bonds. The Kier molecular flexibility index (Phi) is 5.37. The van der Waals surface area contributed by atoms with Crippen LogP contribution in [0, 0.1) is 0 Å². The number of carbonyl (C=O) groups excluding carboxylic acids is 2.